The van der Waals surface area contributed by atoms with E-state index >= 15 is 0 Å². The lowest BCUT2D eigenvalue weighted by Crippen LogP contribution is -2.25. The number of nitrogens with zero attached hydrogens (tertiary/aromatic N) is 1. The smallest absolute Gasteiger partial charge is 0.264 e. The van der Waals surface area contributed by atoms with Crippen LogP contribution in [0.15, 0.2) is 39.4 Å². The molecule has 0 spiro atoms. The fraction of sp³-hybridized carbons (Fsp3) is 0.182. The van der Waals surface area contributed by atoms with Crippen LogP contribution in [-0.4, -0.2) is 17.9 Å². The number of carbonyl (C=O) groups is 1. The van der Waals surface area contributed by atoms with Crippen molar-refractivity contribution in [2.24, 2.45) is 0 Å². The Morgan fingerprint density at radius 3 is 3.00 bits per heavy atom. The van der Waals surface area contributed by atoms with Crippen molar-refractivity contribution in [3.63, 3.8) is 0 Å². The van der Waals surface area contributed by atoms with E-state index in [9.17, 15) is 4.79 Å². The van der Waals surface area contributed by atoms with E-state index in [0.29, 0.717) is 11.4 Å². The van der Waals surface area contributed by atoms with Gasteiger partial charge >= 0.3 is 0 Å². The van der Waals surface area contributed by atoms with Crippen LogP contribution in [-0.2, 0) is 6.54 Å². The average Bonchev–Trinajstić information content (AvgIpc) is 2.88. The first-order valence-electron chi connectivity index (χ1n) is 4.71. The van der Waals surface area contributed by atoms with E-state index < -0.39 is 0 Å². The summed E-state index contributed by atoms with van der Waals surface area (Å²) in [6, 6.07) is 3.63. The topological polar surface area (TPSA) is 33.5 Å². The number of carbonyl (C=O) groups excluding carboxylic acids is 1. The number of thiol groups is 1. The predicted octanol–water partition coefficient (Wildman–Crippen LogP) is 2.90. The summed E-state index contributed by atoms with van der Waals surface area (Å²) >= 11 is 5.59. The third-order valence-corrected chi connectivity index (χ3v) is 3.49. The zero-order valence-electron chi connectivity index (χ0n) is 8.71. The highest BCUT2D eigenvalue weighted by molar-refractivity contribution is 7.80. The van der Waals surface area contributed by atoms with Crippen LogP contribution in [0.4, 0.5) is 0 Å². The van der Waals surface area contributed by atoms with Crippen LogP contribution >= 0.6 is 24.0 Å². The fourth-order valence-electron chi connectivity index (χ4n) is 1.35. The molecule has 0 unspecified atom stereocenters. The highest BCUT2D eigenvalue weighted by atomic mass is 32.1. The third-order valence-electron chi connectivity index (χ3n) is 2.14. The van der Waals surface area contributed by atoms with Crippen molar-refractivity contribution >= 4 is 29.9 Å². The van der Waals surface area contributed by atoms with Gasteiger partial charge in [0.05, 0.1) is 17.4 Å². The molecule has 3 nitrogen and oxygen atoms in total. The largest absolute Gasteiger partial charge is 0.472 e. The Hall–Kier alpha value is -1.20. The van der Waals surface area contributed by atoms with Gasteiger partial charge in [0.2, 0.25) is 0 Å². The first-order chi connectivity index (χ1) is 7.66. The van der Waals surface area contributed by atoms with Gasteiger partial charge in [-0.15, -0.1) is 24.0 Å². The van der Waals surface area contributed by atoms with Gasteiger partial charge < -0.3 is 9.32 Å². The zero-order chi connectivity index (χ0) is 11.5. The lowest BCUT2D eigenvalue weighted by atomic mass is 10.3. The van der Waals surface area contributed by atoms with E-state index in [1.165, 1.54) is 11.3 Å². The third kappa shape index (κ3) is 2.48. The fourth-order valence-corrected chi connectivity index (χ4v) is 2.50. The number of rotatable bonds is 3. The molecule has 0 aromatic carbocycles. The van der Waals surface area contributed by atoms with Gasteiger partial charge in [0, 0.05) is 29.4 Å². The molecule has 0 aliphatic carbocycles. The van der Waals surface area contributed by atoms with E-state index in [0.717, 1.165) is 10.5 Å². The molecule has 84 valence electrons. The second-order valence-electron chi connectivity index (χ2n) is 3.46. The van der Waals surface area contributed by atoms with Crippen LogP contribution < -0.4 is 0 Å². The van der Waals surface area contributed by atoms with Crippen molar-refractivity contribution in [3.05, 3.63) is 40.5 Å². The molecule has 0 radical (unpaired) electrons. The van der Waals surface area contributed by atoms with Gasteiger partial charge in [0.25, 0.3) is 5.91 Å². The summed E-state index contributed by atoms with van der Waals surface area (Å²) in [5.74, 6) is 0.00602. The molecule has 2 rings (SSSR count). The Labute approximate surface area is 103 Å². The zero-order valence-corrected chi connectivity index (χ0v) is 10.4. The molecule has 2 heterocycles. The summed E-state index contributed by atoms with van der Waals surface area (Å²) < 4.78 is 4.96. The first kappa shape index (κ1) is 11.3. The second kappa shape index (κ2) is 4.76. The Bertz CT molecular complexity index is 476. The minimum Gasteiger partial charge on any atom is -0.472 e. The van der Waals surface area contributed by atoms with E-state index in [4.69, 9.17) is 4.42 Å². The lowest BCUT2D eigenvalue weighted by molar-refractivity contribution is 0.0789. The monoisotopic (exact) mass is 253 g/mol. The molecule has 0 saturated heterocycles. The van der Waals surface area contributed by atoms with E-state index in [-0.39, 0.29) is 5.91 Å². The molecular formula is C11H11NO2S2. The molecule has 1 amide bonds. The van der Waals surface area contributed by atoms with Gasteiger partial charge in [0.1, 0.15) is 0 Å². The summed E-state index contributed by atoms with van der Waals surface area (Å²) in [5, 5.41) is 1.85. The molecule has 0 N–H and O–H groups in total. The molecule has 0 aliphatic heterocycles. The Kier molecular flexibility index (Phi) is 3.36. The number of hydrogen-bond acceptors (Lipinski definition) is 4. The van der Waals surface area contributed by atoms with Gasteiger partial charge in [-0.3, -0.25) is 4.79 Å². The van der Waals surface area contributed by atoms with Gasteiger partial charge in [-0.2, -0.15) is 0 Å². The van der Waals surface area contributed by atoms with Crippen molar-refractivity contribution in [1.29, 1.82) is 0 Å². The molecule has 0 aliphatic rings. The van der Waals surface area contributed by atoms with Crippen LogP contribution in [0.2, 0.25) is 0 Å². The molecule has 2 aromatic heterocycles. The van der Waals surface area contributed by atoms with E-state index in [1.807, 2.05) is 11.4 Å². The predicted molar refractivity (Wildman–Crippen MR) is 66.1 cm³/mol. The maximum atomic E-state index is 12.0. The molecule has 0 saturated carbocycles. The highest BCUT2D eigenvalue weighted by Crippen LogP contribution is 2.19. The van der Waals surface area contributed by atoms with Crippen LogP contribution in [0.3, 0.4) is 0 Å². The minimum atomic E-state index is 0.00602. The summed E-state index contributed by atoms with van der Waals surface area (Å²) in [5.41, 5.74) is 0.985. The summed E-state index contributed by atoms with van der Waals surface area (Å²) in [6.45, 7) is 0.551. The summed E-state index contributed by atoms with van der Waals surface area (Å²) in [4.78, 5) is 15.1. The lowest BCUT2D eigenvalue weighted by Gasteiger charge is -2.14. The standard InChI is InChI=1S/C11H11NO2S2/c1-12(5-8-2-3-14-6-8)11(13)10-4-9(15)7-16-10/h2-4,6-7,15H,5H2,1H3. The van der Waals surface area contributed by atoms with Crippen molar-refractivity contribution in [3.8, 4) is 0 Å². The van der Waals surface area contributed by atoms with Crippen molar-refractivity contribution < 1.29 is 9.21 Å². The molecular weight excluding hydrogens is 242 g/mol. The van der Waals surface area contributed by atoms with Gasteiger partial charge in [-0.1, -0.05) is 0 Å². The highest BCUT2D eigenvalue weighted by Gasteiger charge is 2.14. The van der Waals surface area contributed by atoms with E-state index in [2.05, 4.69) is 12.6 Å². The van der Waals surface area contributed by atoms with Crippen molar-refractivity contribution in [2.75, 3.05) is 7.05 Å². The molecule has 5 heteroatoms. The SMILES string of the molecule is CN(Cc1ccoc1)C(=O)c1cc(S)cs1. The maximum Gasteiger partial charge on any atom is 0.264 e. The van der Waals surface area contributed by atoms with Crippen LogP contribution in [0.5, 0.6) is 0 Å². The van der Waals surface area contributed by atoms with Crippen LogP contribution in [0.1, 0.15) is 15.2 Å². The number of furan rings is 1. The maximum absolute atomic E-state index is 12.0. The number of thiophene rings is 1. The second-order valence-corrected chi connectivity index (χ2v) is 4.89. The first-order valence-corrected chi connectivity index (χ1v) is 6.03. The molecule has 2 aromatic rings. The average molecular weight is 253 g/mol. The van der Waals surface area contributed by atoms with Crippen molar-refractivity contribution in [1.82, 2.24) is 4.90 Å². The number of amides is 1. The molecule has 0 atom stereocenters. The Morgan fingerprint density at radius 2 is 2.44 bits per heavy atom. The minimum absolute atomic E-state index is 0.00602. The molecule has 0 bridgehead atoms. The van der Waals surface area contributed by atoms with Crippen molar-refractivity contribution in [2.45, 2.75) is 11.4 Å². The van der Waals surface area contributed by atoms with Gasteiger partial charge in [0.15, 0.2) is 0 Å². The number of hydrogen-bond donors (Lipinski definition) is 1. The Morgan fingerprint density at radius 1 is 1.62 bits per heavy atom. The normalized spacial score (nSPS) is 10.4. The molecule has 0 fully saturated rings. The van der Waals surface area contributed by atoms with Crippen LogP contribution in [0, 0.1) is 0 Å². The summed E-state index contributed by atoms with van der Waals surface area (Å²) in [6.07, 6.45) is 3.24. The quantitative estimate of drug-likeness (QED) is 0.853. The summed E-state index contributed by atoms with van der Waals surface area (Å²) in [7, 11) is 1.77. The van der Waals surface area contributed by atoms with Crippen LogP contribution in [0.25, 0.3) is 0 Å². The Balaban J connectivity index is 2.05. The van der Waals surface area contributed by atoms with Gasteiger partial charge in [-0.25, -0.2) is 0 Å². The van der Waals surface area contributed by atoms with E-state index in [1.54, 1.807) is 30.5 Å². The van der Waals surface area contributed by atoms with Gasteiger partial charge in [-0.05, 0) is 12.1 Å². The molecule has 16 heavy (non-hydrogen) atoms.